The highest BCUT2D eigenvalue weighted by Crippen LogP contribution is 2.34. The highest BCUT2D eigenvalue weighted by molar-refractivity contribution is 6.34. The Morgan fingerprint density at radius 1 is 1.06 bits per heavy atom. The molecule has 0 fully saturated rings. The number of hydrogen-bond acceptors (Lipinski definition) is 4. The van der Waals surface area contributed by atoms with Crippen molar-refractivity contribution in [3.05, 3.63) is 108 Å². The largest absolute Gasteiger partial charge is 0.464 e. The van der Waals surface area contributed by atoms with Gasteiger partial charge in [0.2, 0.25) is 0 Å². The summed E-state index contributed by atoms with van der Waals surface area (Å²) < 4.78 is 19.3. The number of anilines is 1. The zero-order valence-corrected chi connectivity index (χ0v) is 17.3. The van der Waals surface area contributed by atoms with Crippen LogP contribution in [-0.2, 0) is 11.3 Å². The molecular weight excluding hydrogens is 421 g/mol. The summed E-state index contributed by atoms with van der Waals surface area (Å²) in [6.07, 6.45) is 6.49. The Kier molecular flexibility index (Phi) is 5.28. The Bertz CT molecular complexity index is 1390. The second kappa shape index (κ2) is 8.55. The van der Waals surface area contributed by atoms with E-state index < -0.39 is 5.82 Å². The number of rotatable bonds is 5. The lowest BCUT2D eigenvalue weighted by Crippen LogP contribution is -2.22. The van der Waals surface area contributed by atoms with Crippen LogP contribution in [-0.4, -0.2) is 16.8 Å². The summed E-state index contributed by atoms with van der Waals surface area (Å²) in [7, 11) is 0. The summed E-state index contributed by atoms with van der Waals surface area (Å²) in [6, 6.07) is 16.8. The van der Waals surface area contributed by atoms with Gasteiger partial charge in [0.05, 0.1) is 11.8 Å². The molecule has 0 aliphatic carbocycles. The minimum Gasteiger partial charge on any atom is -0.464 e. The van der Waals surface area contributed by atoms with Crippen LogP contribution in [0.2, 0.25) is 0 Å². The topological polar surface area (TPSA) is 84.2 Å². The third-order valence-corrected chi connectivity index (χ3v) is 5.33. The van der Waals surface area contributed by atoms with Crippen LogP contribution in [0.5, 0.6) is 0 Å². The first-order valence-corrected chi connectivity index (χ1v) is 10.3. The summed E-state index contributed by atoms with van der Waals surface area (Å²) in [6.45, 7) is 0.402. The number of nitrogens with one attached hydrogen (secondary N) is 2. The van der Waals surface area contributed by atoms with Gasteiger partial charge in [-0.1, -0.05) is 12.1 Å². The number of aromatic nitrogens is 1. The van der Waals surface area contributed by atoms with Gasteiger partial charge in [-0.05, 0) is 65.7 Å². The Balaban J connectivity index is 1.35. The Labute approximate surface area is 188 Å². The van der Waals surface area contributed by atoms with Crippen LogP contribution < -0.4 is 10.6 Å². The number of hydrogen-bond donors (Lipinski definition) is 2. The van der Waals surface area contributed by atoms with E-state index in [0.29, 0.717) is 34.7 Å². The Morgan fingerprint density at radius 3 is 2.76 bits per heavy atom. The lowest BCUT2D eigenvalue weighted by atomic mass is 10.0. The summed E-state index contributed by atoms with van der Waals surface area (Å²) in [5.41, 5.74) is 4.40. The van der Waals surface area contributed by atoms with Crippen LogP contribution >= 0.6 is 0 Å². The molecule has 2 N–H and O–H groups in total. The Morgan fingerprint density at radius 2 is 1.91 bits per heavy atom. The maximum Gasteiger partial charge on any atom is 0.256 e. The van der Waals surface area contributed by atoms with Crippen LogP contribution in [0.4, 0.5) is 10.1 Å². The molecule has 6 nitrogen and oxygen atoms in total. The molecule has 0 radical (unpaired) electrons. The van der Waals surface area contributed by atoms with Gasteiger partial charge in [-0.3, -0.25) is 14.6 Å². The van der Waals surface area contributed by atoms with Crippen molar-refractivity contribution in [3.8, 4) is 11.1 Å². The molecule has 1 aliphatic heterocycles. The van der Waals surface area contributed by atoms with Gasteiger partial charge < -0.3 is 15.1 Å². The van der Waals surface area contributed by atoms with E-state index in [-0.39, 0.29) is 11.8 Å². The van der Waals surface area contributed by atoms with Crippen LogP contribution in [0.15, 0.2) is 83.7 Å². The lowest BCUT2D eigenvalue weighted by molar-refractivity contribution is -0.110. The third-order valence-electron chi connectivity index (χ3n) is 5.33. The van der Waals surface area contributed by atoms with Crippen molar-refractivity contribution in [3.63, 3.8) is 0 Å². The number of halogens is 1. The van der Waals surface area contributed by atoms with E-state index in [1.807, 2.05) is 18.2 Å². The molecule has 162 valence electrons. The predicted molar refractivity (Wildman–Crippen MR) is 122 cm³/mol. The van der Waals surface area contributed by atoms with Crippen molar-refractivity contribution >= 4 is 29.2 Å². The molecule has 0 saturated carbocycles. The number of carbonyl (C=O) groups is 2. The highest BCUT2D eigenvalue weighted by atomic mass is 19.1. The second-order valence-electron chi connectivity index (χ2n) is 7.56. The van der Waals surface area contributed by atoms with Crippen LogP contribution in [0.25, 0.3) is 22.8 Å². The van der Waals surface area contributed by atoms with Crippen molar-refractivity contribution in [2.75, 3.05) is 5.32 Å². The van der Waals surface area contributed by atoms with Crippen LogP contribution in [0.1, 0.15) is 27.2 Å². The average molecular weight is 439 g/mol. The molecule has 2 amide bonds. The van der Waals surface area contributed by atoms with E-state index in [0.717, 1.165) is 16.7 Å². The SMILES string of the molecule is O=C1Nc2ccc(F)cc2/C1=C\c1cc(-c2cccc(C(=O)NCc3ccncc3)c2)co1. The zero-order valence-electron chi connectivity index (χ0n) is 17.3. The van der Waals surface area contributed by atoms with Crippen molar-refractivity contribution in [1.82, 2.24) is 10.3 Å². The molecule has 0 atom stereocenters. The molecular formula is C26H18FN3O3. The highest BCUT2D eigenvalue weighted by Gasteiger charge is 2.25. The number of nitrogens with zero attached hydrogens (tertiary/aromatic N) is 1. The molecule has 2 aromatic carbocycles. The predicted octanol–water partition coefficient (Wildman–Crippen LogP) is 4.90. The third kappa shape index (κ3) is 4.29. The smallest absolute Gasteiger partial charge is 0.256 e. The molecule has 33 heavy (non-hydrogen) atoms. The monoisotopic (exact) mass is 439 g/mol. The average Bonchev–Trinajstić information content (AvgIpc) is 3.43. The maximum atomic E-state index is 13.7. The van der Waals surface area contributed by atoms with Crippen molar-refractivity contribution in [1.29, 1.82) is 0 Å². The lowest BCUT2D eigenvalue weighted by Gasteiger charge is -2.06. The molecule has 5 rings (SSSR count). The van der Waals surface area contributed by atoms with Gasteiger partial charge in [0.15, 0.2) is 0 Å². The summed E-state index contributed by atoms with van der Waals surface area (Å²) in [5.74, 6) is -0.489. The van der Waals surface area contributed by atoms with Gasteiger partial charge in [0, 0.05) is 41.3 Å². The number of benzene rings is 2. The van der Waals surface area contributed by atoms with Crippen molar-refractivity contribution < 1.29 is 18.4 Å². The van der Waals surface area contributed by atoms with Gasteiger partial charge in [-0.2, -0.15) is 0 Å². The fourth-order valence-corrected chi connectivity index (χ4v) is 3.65. The van der Waals surface area contributed by atoms with Crippen molar-refractivity contribution in [2.24, 2.45) is 0 Å². The van der Waals surface area contributed by atoms with Gasteiger partial charge >= 0.3 is 0 Å². The van der Waals surface area contributed by atoms with Crippen molar-refractivity contribution in [2.45, 2.75) is 6.54 Å². The van der Waals surface area contributed by atoms with E-state index in [4.69, 9.17) is 4.42 Å². The fourth-order valence-electron chi connectivity index (χ4n) is 3.65. The number of furan rings is 1. The molecule has 0 bridgehead atoms. The maximum absolute atomic E-state index is 13.7. The number of pyridine rings is 1. The number of fused-ring (bicyclic) bond motifs is 1. The van der Waals surface area contributed by atoms with E-state index in [2.05, 4.69) is 15.6 Å². The molecule has 2 aromatic heterocycles. The fraction of sp³-hybridized carbons (Fsp3) is 0.0385. The normalized spacial score (nSPS) is 13.6. The van der Waals surface area contributed by atoms with E-state index in [1.54, 1.807) is 49.0 Å². The quantitative estimate of drug-likeness (QED) is 0.433. The summed E-state index contributed by atoms with van der Waals surface area (Å²) in [5, 5.41) is 5.61. The van der Waals surface area contributed by atoms with Gasteiger partial charge in [0.25, 0.3) is 11.8 Å². The van der Waals surface area contributed by atoms with E-state index >= 15 is 0 Å². The first-order valence-electron chi connectivity index (χ1n) is 10.3. The van der Waals surface area contributed by atoms with E-state index in [1.165, 1.54) is 18.2 Å². The minimum atomic E-state index is -0.421. The molecule has 0 saturated heterocycles. The van der Waals surface area contributed by atoms with Gasteiger partial charge in [-0.15, -0.1) is 0 Å². The molecule has 4 aromatic rings. The Hall–Kier alpha value is -4.52. The van der Waals surface area contributed by atoms with Gasteiger partial charge in [-0.25, -0.2) is 4.39 Å². The van der Waals surface area contributed by atoms with E-state index in [9.17, 15) is 14.0 Å². The number of amides is 2. The zero-order chi connectivity index (χ0) is 22.8. The molecule has 0 spiro atoms. The molecule has 1 aliphatic rings. The van der Waals surface area contributed by atoms with Gasteiger partial charge in [0.1, 0.15) is 11.6 Å². The first-order chi connectivity index (χ1) is 16.1. The van der Waals surface area contributed by atoms with Crippen LogP contribution in [0.3, 0.4) is 0 Å². The molecule has 7 heteroatoms. The summed E-state index contributed by atoms with van der Waals surface area (Å²) in [4.78, 5) is 28.9. The standard InChI is InChI=1S/C26H18FN3O3/c27-20-4-5-24-22(12-20)23(26(32)30-24)13-21-11-19(15-33-21)17-2-1-3-18(10-17)25(31)29-14-16-6-8-28-9-7-16/h1-13,15H,14H2,(H,29,31)(H,30,32)/b23-13+. The first kappa shape index (κ1) is 20.4. The minimum absolute atomic E-state index is 0.194. The summed E-state index contributed by atoms with van der Waals surface area (Å²) >= 11 is 0. The molecule has 3 heterocycles. The van der Waals surface area contributed by atoms with Crippen LogP contribution in [0, 0.1) is 5.82 Å². The second-order valence-corrected chi connectivity index (χ2v) is 7.56. The molecule has 0 unspecified atom stereocenters. The number of carbonyl (C=O) groups excluding carboxylic acids is 2.